The Balaban J connectivity index is 1.57. The molecular weight excluding hydrogens is 400 g/mol. The van der Waals surface area contributed by atoms with E-state index in [-0.39, 0.29) is 16.9 Å². The fourth-order valence-corrected chi connectivity index (χ4v) is 4.32. The number of carboxylic acids is 1. The van der Waals surface area contributed by atoms with E-state index in [1.807, 2.05) is 34.7 Å². The molecular formula is C27H32N2O3. The van der Waals surface area contributed by atoms with E-state index in [0.717, 1.165) is 43.3 Å². The number of hydrogen-bond acceptors (Lipinski definition) is 3. The minimum absolute atomic E-state index is 0.00377. The molecule has 1 aromatic carbocycles. The molecule has 2 aromatic heterocycles. The van der Waals surface area contributed by atoms with Crippen molar-refractivity contribution in [2.75, 3.05) is 6.54 Å². The summed E-state index contributed by atoms with van der Waals surface area (Å²) in [6, 6.07) is 13.1. The van der Waals surface area contributed by atoms with Gasteiger partial charge in [0.25, 0.3) is 0 Å². The van der Waals surface area contributed by atoms with Crippen molar-refractivity contribution in [3.05, 3.63) is 76.6 Å². The van der Waals surface area contributed by atoms with Crippen molar-refractivity contribution < 1.29 is 14.7 Å². The molecule has 32 heavy (non-hydrogen) atoms. The van der Waals surface area contributed by atoms with Crippen LogP contribution in [0.2, 0.25) is 0 Å². The smallest absolute Gasteiger partial charge is 0.335 e. The van der Waals surface area contributed by atoms with Gasteiger partial charge in [-0.2, -0.15) is 0 Å². The maximum Gasteiger partial charge on any atom is 0.335 e. The largest absolute Gasteiger partial charge is 0.478 e. The third-order valence-corrected chi connectivity index (χ3v) is 6.32. The van der Waals surface area contributed by atoms with Gasteiger partial charge in [0, 0.05) is 22.8 Å². The quantitative estimate of drug-likeness (QED) is 0.366. The number of aromatic carboxylic acids is 1. The molecule has 0 spiro atoms. The minimum Gasteiger partial charge on any atom is -0.478 e. The Morgan fingerprint density at radius 3 is 2.38 bits per heavy atom. The fourth-order valence-electron chi connectivity index (χ4n) is 4.32. The third-order valence-electron chi connectivity index (χ3n) is 6.32. The molecule has 1 saturated carbocycles. The molecule has 0 aliphatic heterocycles. The molecule has 0 radical (unpaired) electrons. The number of hydrogen-bond donors (Lipinski definition) is 2. The van der Waals surface area contributed by atoms with Crippen LogP contribution in [0.15, 0.2) is 48.7 Å². The van der Waals surface area contributed by atoms with Gasteiger partial charge in [-0.1, -0.05) is 30.7 Å². The first-order valence-corrected chi connectivity index (χ1v) is 11.5. The second-order valence-corrected chi connectivity index (χ2v) is 9.90. The number of rotatable bonds is 8. The number of fused-ring (bicyclic) bond motifs is 1. The predicted octanol–water partition coefficient (Wildman–Crippen LogP) is 5.46. The minimum atomic E-state index is -0.958. The van der Waals surface area contributed by atoms with E-state index in [1.54, 1.807) is 18.3 Å². The van der Waals surface area contributed by atoms with Gasteiger partial charge >= 0.3 is 5.97 Å². The van der Waals surface area contributed by atoms with Crippen LogP contribution < -0.4 is 5.32 Å². The Kier molecular flexibility index (Phi) is 6.20. The van der Waals surface area contributed by atoms with Crippen LogP contribution in [-0.2, 0) is 6.42 Å². The number of aromatic nitrogens is 1. The van der Waals surface area contributed by atoms with Crippen LogP contribution in [-0.4, -0.2) is 33.3 Å². The molecule has 0 bridgehead atoms. The van der Waals surface area contributed by atoms with Gasteiger partial charge in [0.1, 0.15) is 0 Å². The number of pyridine rings is 1. The molecule has 5 heteroatoms. The first-order valence-electron chi connectivity index (χ1n) is 11.5. The number of ketones is 1. The van der Waals surface area contributed by atoms with Crippen LogP contribution in [0.5, 0.6) is 0 Å². The lowest BCUT2D eigenvalue weighted by Crippen LogP contribution is -2.36. The summed E-state index contributed by atoms with van der Waals surface area (Å²) in [5.41, 5.74) is 4.73. The Labute approximate surface area is 189 Å². The van der Waals surface area contributed by atoms with E-state index in [9.17, 15) is 14.7 Å². The second kappa shape index (κ2) is 8.91. The van der Waals surface area contributed by atoms with E-state index >= 15 is 0 Å². The van der Waals surface area contributed by atoms with Crippen molar-refractivity contribution in [2.45, 2.75) is 64.3 Å². The highest BCUT2D eigenvalue weighted by molar-refractivity contribution is 6.10. The van der Waals surface area contributed by atoms with Crippen LogP contribution in [0.25, 0.3) is 5.52 Å². The van der Waals surface area contributed by atoms with E-state index in [0.29, 0.717) is 17.2 Å². The van der Waals surface area contributed by atoms with Gasteiger partial charge in [0.05, 0.1) is 11.3 Å². The zero-order chi connectivity index (χ0) is 22.9. The van der Waals surface area contributed by atoms with E-state index in [2.05, 4.69) is 26.1 Å². The highest BCUT2D eigenvalue weighted by atomic mass is 16.4. The number of carbonyl (C=O) groups is 2. The Hall–Kier alpha value is -2.92. The molecule has 1 aliphatic carbocycles. The van der Waals surface area contributed by atoms with Crippen molar-refractivity contribution in [2.24, 2.45) is 0 Å². The summed E-state index contributed by atoms with van der Waals surface area (Å²) >= 11 is 0. The van der Waals surface area contributed by atoms with E-state index in [1.165, 1.54) is 12.0 Å². The number of benzene rings is 1. The van der Waals surface area contributed by atoms with Crippen molar-refractivity contribution in [1.82, 2.24) is 9.72 Å². The van der Waals surface area contributed by atoms with Crippen LogP contribution in [0.1, 0.15) is 89.9 Å². The zero-order valence-corrected chi connectivity index (χ0v) is 19.1. The zero-order valence-electron chi connectivity index (χ0n) is 19.1. The molecule has 0 saturated heterocycles. The molecule has 3 aromatic rings. The Morgan fingerprint density at radius 1 is 1.06 bits per heavy atom. The molecule has 0 unspecified atom stereocenters. The summed E-state index contributed by atoms with van der Waals surface area (Å²) in [6.45, 7) is 7.46. The number of carbonyl (C=O) groups excluding carboxylic acids is 1. The maximum atomic E-state index is 13.5. The van der Waals surface area contributed by atoms with Crippen molar-refractivity contribution in [3.63, 3.8) is 0 Å². The molecule has 2 N–H and O–H groups in total. The topological polar surface area (TPSA) is 70.8 Å². The number of carboxylic acid groups (broad SMARTS) is 1. The monoisotopic (exact) mass is 432 g/mol. The van der Waals surface area contributed by atoms with Crippen LogP contribution in [0.3, 0.4) is 0 Å². The highest BCUT2D eigenvalue weighted by Gasteiger charge is 2.28. The average Bonchev–Trinajstić information content (AvgIpc) is 3.07. The molecule has 0 amide bonds. The van der Waals surface area contributed by atoms with Crippen LogP contribution >= 0.6 is 0 Å². The molecule has 168 valence electrons. The fraction of sp³-hybridized carbons (Fsp3) is 0.407. The molecule has 1 fully saturated rings. The predicted molar refractivity (Wildman–Crippen MR) is 127 cm³/mol. The first-order chi connectivity index (χ1) is 15.2. The van der Waals surface area contributed by atoms with Crippen molar-refractivity contribution in [3.8, 4) is 0 Å². The summed E-state index contributed by atoms with van der Waals surface area (Å²) in [7, 11) is 0. The van der Waals surface area contributed by atoms with Gasteiger partial charge in [-0.15, -0.1) is 0 Å². The number of aryl methyl sites for hydroxylation is 1. The third kappa shape index (κ3) is 4.78. The van der Waals surface area contributed by atoms with Gasteiger partial charge in [-0.05, 0) is 88.2 Å². The number of nitrogens with zero attached hydrogens (tertiary/aromatic N) is 1. The first kappa shape index (κ1) is 22.3. The van der Waals surface area contributed by atoms with Crippen LogP contribution in [0.4, 0.5) is 0 Å². The summed E-state index contributed by atoms with van der Waals surface area (Å²) in [6.07, 6.45) is 7.05. The molecule has 4 rings (SSSR count). The van der Waals surface area contributed by atoms with Crippen molar-refractivity contribution in [1.29, 1.82) is 0 Å². The van der Waals surface area contributed by atoms with Crippen LogP contribution in [0, 0.1) is 0 Å². The standard InChI is InChI=1S/C27H32N2O3/c1-27(2,3)28-14-5-6-18-9-11-20(12-10-18)25(30)24-23(19-7-4-8-19)17-22-16-21(26(31)32)13-15-29(22)24/h9-13,15-17,19,28H,4-8,14H2,1-3H3,(H,31,32). The molecule has 5 nitrogen and oxygen atoms in total. The van der Waals surface area contributed by atoms with Gasteiger partial charge in [0.15, 0.2) is 0 Å². The van der Waals surface area contributed by atoms with Gasteiger partial charge in [-0.3, -0.25) is 4.79 Å². The second-order valence-electron chi connectivity index (χ2n) is 9.90. The van der Waals surface area contributed by atoms with Gasteiger partial charge in [-0.25, -0.2) is 4.79 Å². The lowest BCUT2D eigenvalue weighted by atomic mass is 9.79. The number of nitrogens with one attached hydrogen (secondary N) is 1. The molecule has 2 heterocycles. The molecule has 0 atom stereocenters. The Morgan fingerprint density at radius 2 is 1.78 bits per heavy atom. The average molecular weight is 433 g/mol. The lowest BCUT2D eigenvalue weighted by Gasteiger charge is -2.25. The normalized spacial score (nSPS) is 14.5. The summed E-state index contributed by atoms with van der Waals surface area (Å²) < 4.78 is 1.86. The summed E-state index contributed by atoms with van der Waals surface area (Å²) in [5, 5.41) is 12.8. The lowest BCUT2D eigenvalue weighted by molar-refractivity contribution is 0.0696. The SMILES string of the molecule is CC(C)(C)NCCCc1ccc(C(=O)c2c(C3CCC3)cc3cc(C(=O)O)ccn23)cc1. The summed E-state index contributed by atoms with van der Waals surface area (Å²) in [4.78, 5) is 24.9. The maximum absolute atomic E-state index is 13.5. The van der Waals surface area contributed by atoms with E-state index < -0.39 is 5.97 Å². The highest BCUT2D eigenvalue weighted by Crippen LogP contribution is 2.40. The van der Waals surface area contributed by atoms with Crippen molar-refractivity contribution >= 4 is 17.3 Å². The van der Waals surface area contributed by atoms with E-state index in [4.69, 9.17) is 0 Å². The molecule has 1 aliphatic rings. The van der Waals surface area contributed by atoms with Gasteiger partial charge < -0.3 is 14.8 Å². The Bertz CT molecular complexity index is 1130. The summed E-state index contributed by atoms with van der Waals surface area (Å²) in [5.74, 6) is -0.590. The van der Waals surface area contributed by atoms with Gasteiger partial charge in [0.2, 0.25) is 5.78 Å².